The van der Waals surface area contributed by atoms with Crippen molar-refractivity contribution in [1.29, 1.82) is 0 Å². The van der Waals surface area contributed by atoms with Crippen LogP contribution in [0, 0.1) is 0 Å². The molecule has 0 fully saturated rings. The van der Waals surface area contributed by atoms with Crippen molar-refractivity contribution in [1.82, 2.24) is 10.4 Å². The molecule has 2 rings (SSSR count). The van der Waals surface area contributed by atoms with E-state index < -0.39 is 0 Å². The fraction of sp³-hybridized carbons (Fsp3) is 0.364. The Kier molecular flexibility index (Phi) is 5.54. The quantitative estimate of drug-likeness (QED) is 0.855. The van der Waals surface area contributed by atoms with Gasteiger partial charge in [-0.2, -0.15) is 0 Å². The number of nitrogens with one attached hydrogen (secondary N) is 1. The summed E-state index contributed by atoms with van der Waals surface area (Å²) in [6.07, 6.45) is 0. The van der Waals surface area contributed by atoms with Gasteiger partial charge in [0.1, 0.15) is 0 Å². The van der Waals surface area contributed by atoms with Crippen molar-refractivity contribution < 1.29 is 4.84 Å². The average Bonchev–Trinajstić information content (AvgIpc) is 2.75. The average molecular weight is 333 g/mol. The zero-order valence-corrected chi connectivity index (χ0v) is 11.5. The van der Waals surface area contributed by atoms with Crippen LogP contribution in [0.4, 0.5) is 0 Å². The summed E-state index contributed by atoms with van der Waals surface area (Å²) in [5, 5.41) is 5.02. The van der Waals surface area contributed by atoms with Crippen LogP contribution in [0.1, 0.15) is 5.56 Å². The van der Waals surface area contributed by atoms with Crippen LogP contribution in [0.3, 0.4) is 0 Å². The third-order valence-electron chi connectivity index (χ3n) is 2.31. The van der Waals surface area contributed by atoms with Crippen molar-refractivity contribution in [3.8, 4) is 0 Å². The lowest BCUT2D eigenvalue weighted by atomic mass is 10.2. The molecule has 0 aliphatic carbocycles. The highest BCUT2D eigenvalue weighted by atomic mass is 127. The third-order valence-corrected chi connectivity index (χ3v) is 2.31. The van der Waals surface area contributed by atoms with Gasteiger partial charge in [0.2, 0.25) is 5.96 Å². The van der Waals surface area contributed by atoms with E-state index >= 15 is 0 Å². The Bertz CT molecular complexity index is 342. The Balaban J connectivity index is 0.00000128. The molecule has 1 N–H and O–H groups in total. The topological polar surface area (TPSA) is 36.9 Å². The van der Waals surface area contributed by atoms with E-state index in [1.807, 2.05) is 18.2 Å². The Morgan fingerprint density at radius 3 is 2.81 bits per heavy atom. The van der Waals surface area contributed by atoms with E-state index in [4.69, 9.17) is 4.84 Å². The molecular weight excluding hydrogens is 317 g/mol. The van der Waals surface area contributed by atoms with Gasteiger partial charge < -0.3 is 5.32 Å². The van der Waals surface area contributed by atoms with Gasteiger partial charge in [-0.1, -0.05) is 30.3 Å². The first-order valence-electron chi connectivity index (χ1n) is 5.04. The van der Waals surface area contributed by atoms with Crippen molar-refractivity contribution >= 4 is 29.9 Å². The van der Waals surface area contributed by atoms with Gasteiger partial charge in [0.05, 0.1) is 20.2 Å². The predicted octanol–water partition coefficient (Wildman–Crippen LogP) is 1.63. The van der Waals surface area contributed by atoms with Crippen LogP contribution in [0.5, 0.6) is 0 Å². The van der Waals surface area contributed by atoms with E-state index in [0.717, 1.165) is 25.6 Å². The molecule has 1 aliphatic heterocycles. The molecule has 1 aromatic rings. The maximum Gasteiger partial charge on any atom is 0.218 e. The minimum Gasteiger partial charge on any atom is -0.350 e. The van der Waals surface area contributed by atoms with Gasteiger partial charge in [-0.05, 0) is 5.56 Å². The normalized spacial score (nSPS) is 14.3. The third kappa shape index (κ3) is 3.34. The van der Waals surface area contributed by atoms with Crippen molar-refractivity contribution in [3.63, 3.8) is 0 Å². The van der Waals surface area contributed by atoms with Crippen molar-refractivity contribution in [2.45, 2.75) is 6.54 Å². The smallest absolute Gasteiger partial charge is 0.218 e. The second-order valence-corrected chi connectivity index (χ2v) is 3.33. The number of nitrogens with zero attached hydrogens (tertiary/aromatic N) is 2. The Morgan fingerprint density at radius 2 is 2.12 bits per heavy atom. The molecule has 88 valence electrons. The molecule has 0 bridgehead atoms. The number of halogens is 1. The summed E-state index contributed by atoms with van der Waals surface area (Å²) in [5.74, 6) is 0.821. The van der Waals surface area contributed by atoms with Gasteiger partial charge in [0.15, 0.2) is 0 Å². The largest absolute Gasteiger partial charge is 0.350 e. The summed E-state index contributed by atoms with van der Waals surface area (Å²) in [7, 11) is 1.66. The van der Waals surface area contributed by atoms with Crippen molar-refractivity contribution in [2.24, 2.45) is 4.99 Å². The summed E-state index contributed by atoms with van der Waals surface area (Å²) in [4.78, 5) is 9.46. The fourth-order valence-corrected chi connectivity index (χ4v) is 1.53. The van der Waals surface area contributed by atoms with E-state index in [1.165, 1.54) is 5.56 Å². The molecule has 5 heteroatoms. The first-order valence-corrected chi connectivity index (χ1v) is 5.04. The standard InChI is InChI=1S/C11H15N3O.HI/c1-15-14-8-7-12-11(14)13-9-10-5-3-2-4-6-10;/h2-6H,7-9H2,1H3,(H,12,13);1H. The number of hydrogen-bond donors (Lipinski definition) is 1. The molecule has 0 unspecified atom stereocenters. The van der Waals surface area contributed by atoms with Crippen molar-refractivity contribution in [3.05, 3.63) is 35.9 Å². The minimum atomic E-state index is 0. The molecule has 0 aromatic heterocycles. The monoisotopic (exact) mass is 333 g/mol. The summed E-state index contributed by atoms with van der Waals surface area (Å²) < 4.78 is 0. The van der Waals surface area contributed by atoms with Gasteiger partial charge in [0.25, 0.3) is 0 Å². The number of aliphatic imine (C=N–C) groups is 1. The van der Waals surface area contributed by atoms with E-state index in [1.54, 1.807) is 12.2 Å². The van der Waals surface area contributed by atoms with Gasteiger partial charge in [0, 0.05) is 6.54 Å². The molecule has 0 spiro atoms. The van der Waals surface area contributed by atoms with Crippen molar-refractivity contribution in [2.75, 3.05) is 20.2 Å². The molecule has 1 aromatic carbocycles. The van der Waals surface area contributed by atoms with Crippen LogP contribution in [0.25, 0.3) is 0 Å². The van der Waals surface area contributed by atoms with Crippen LogP contribution >= 0.6 is 24.0 Å². The van der Waals surface area contributed by atoms with Gasteiger partial charge in [-0.25, -0.2) is 10.1 Å². The number of hydrogen-bond acceptors (Lipinski definition) is 4. The Hall–Kier alpha value is -0.820. The molecule has 0 atom stereocenters. The summed E-state index contributed by atoms with van der Waals surface area (Å²) in [6, 6.07) is 10.2. The zero-order chi connectivity index (χ0) is 10.5. The van der Waals surface area contributed by atoms with Crippen LogP contribution in [-0.2, 0) is 11.4 Å². The highest BCUT2D eigenvalue weighted by Gasteiger charge is 2.15. The van der Waals surface area contributed by atoms with E-state index in [-0.39, 0.29) is 24.0 Å². The number of hydroxylamine groups is 2. The number of benzene rings is 1. The highest BCUT2D eigenvalue weighted by molar-refractivity contribution is 14.0. The first-order chi connectivity index (χ1) is 7.40. The summed E-state index contributed by atoms with van der Waals surface area (Å²) in [6.45, 7) is 2.40. The first kappa shape index (κ1) is 13.2. The summed E-state index contributed by atoms with van der Waals surface area (Å²) >= 11 is 0. The second kappa shape index (κ2) is 6.70. The maximum atomic E-state index is 5.15. The highest BCUT2D eigenvalue weighted by Crippen LogP contribution is 2.02. The van der Waals surface area contributed by atoms with Crippen LogP contribution in [0.2, 0.25) is 0 Å². The molecule has 4 nitrogen and oxygen atoms in total. The number of guanidine groups is 1. The van der Waals surface area contributed by atoms with Gasteiger partial charge in [-0.15, -0.1) is 24.0 Å². The van der Waals surface area contributed by atoms with E-state index in [2.05, 4.69) is 22.4 Å². The second-order valence-electron chi connectivity index (χ2n) is 3.33. The van der Waals surface area contributed by atoms with E-state index in [9.17, 15) is 0 Å². The molecule has 1 aliphatic rings. The Morgan fingerprint density at radius 1 is 1.38 bits per heavy atom. The van der Waals surface area contributed by atoms with Gasteiger partial charge >= 0.3 is 0 Å². The predicted molar refractivity (Wildman–Crippen MR) is 74.7 cm³/mol. The lowest BCUT2D eigenvalue weighted by molar-refractivity contribution is -0.0582. The minimum absolute atomic E-state index is 0. The molecule has 0 radical (unpaired) electrons. The maximum absolute atomic E-state index is 5.15. The van der Waals surface area contributed by atoms with Crippen LogP contribution in [0.15, 0.2) is 35.3 Å². The Labute approximate surface area is 113 Å². The van der Waals surface area contributed by atoms with Gasteiger partial charge in [-0.3, -0.25) is 4.84 Å². The summed E-state index contributed by atoms with van der Waals surface area (Å²) in [5.41, 5.74) is 1.24. The molecule has 0 saturated carbocycles. The molecular formula is C11H16IN3O. The van der Waals surface area contributed by atoms with Crippen LogP contribution < -0.4 is 5.32 Å². The SMILES string of the molecule is CON1CCN=C1NCc1ccccc1.I. The molecule has 0 saturated heterocycles. The lowest BCUT2D eigenvalue weighted by Gasteiger charge is -2.17. The molecule has 0 amide bonds. The van der Waals surface area contributed by atoms with E-state index in [0.29, 0.717) is 0 Å². The zero-order valence-electron chi connectivity index (χ0n) is 9.22. The lowest BCUT2D eigenvalue weighted by Crippen LogP contribution is -2.37. The molecule has 1 heterocycles. The fourth-order valence-electron chi connectivity index (χ4n) is 1.53. The van der Waals surface area contributed by atoms with Crippen LogP contribution in [-0.4, -0.2) is 31.2 Å². The molecule has 16 heavy (non-hydrogen) atoms. The number of rotatable bonds is 3.